The zero-order chi connectivity index (χ0) is 13.5. The SMILES string of the molecule is CCC(N)Cc1cccc(Br)c1OCC(=O)NC. The van der Waals surface area contributed by atoms with Crippen molar-refractivity contribution in [1.82, 2.24) is 5.32 Å². The molecule has 0 aliphatic carbocycles. The molecule has 1 rings (SSSR count). The molecule has 0 bridgehead atoms. The molecule has 0 fully saturated rings. The fourth-order valence-electron chi connectivity index (χ4n) is 1.51. The quantitative estimate of drug-likeness (QED) is 0.842. The number of halogens is 1. The van der Waals surface area contributed by atoms with Gasteiger partial charge in [0.25, 0.3) is 5.91 Å². The van der Waals surface area contributed by atoms with E-state index in [9.17, 15) is 4.79 Å². The summed E-state index contributed by atoms with van der Waals surface area (Å²) in [6.45, 7) is 2.06. The minimum atomic E-state index is -0.156. The number of nitrogens with one attached hydrogen (secondary N) is 1. The lowest BCUT2D eigenvalue weighted by Gasteiger charge is -2.15. The first kappa shape index (κ1) is 15.0. The fourth-order valence-corrected chi connectivity index (χ4v) is 2.03. The highest BCUT2D eigenvalue weighted by atomic mass is 79.9. The van der Waals surface area contributed by atoms with Crippen LogP contribution in [0.2, 0.25) is 0 Å². The van der Waals surface area contributed by atoms with Crippen LogP contribution in [0.4, 0.5) is 0 Å². The maximum atomic E-state index is 11.2. The number of carbonyl (C=O) groups excluding carboxylic acids is 1. The highest BCUT2D eigenvalue weighted by Crippen LogP contribution is 2.30. The summed E-state index contributed by atoms with van der Waals surface area (Å²) in [7, 11) is 1.58. The molecule has 1 aromatic rings. The average molecular weight is 315 g/mol. The Hall–Kier alpha value is -1.07. The van der Waals surface area contributed by atoms with Gasteiger partial charge in [-0.2, -0.15) is 0 Å². The van der Waals surface area contributed by atoms with Gasteiger partial charge in [-0.1, -0.05) is 19.1 Å². The van der Waals surface area contributed by atoms with Crippen LogP contribution in [0.25, 0.3) is 0 Å². The first-order valence-electron chi connectivity index (χ1n) is 5.94. The first-order valence-corrected chi connectivity index (χ1v) is 6.74. The van der Waals surface area contributed by atoms with Crippen molar-refractivity contribution in [2.75, 3.05) is 13.7 Å². The molecule has 1 aromatic carbocycles. The van der Waals surface area contributed by atoms with Crippen molar-refractivity contribution in [2.24, 2.45) is 5.73 Å². The second-order valence-electron chi connectivity index (χ2n) is 4.06. The topological polar surface area (TPSA) is 64.3 Å². The van der Waals surface area contributed by atoms with Crippen molar-refractivity contribution in [2.45, 2.75) is 25.8 Å². The first-order chi connectivity index (χ1) is 8.58. The van der Waals surface area contributed by atoms with Crippen LogP contribution in [0.15, 0.2) is 22.7 Å². The van der Waals surface area contributed by atoms with Gasteiger partial charge in [-0.25, -0.2) is 0 Å². The summed E-state index contributed by atoms with van der Waals surface area (Å²) >= 11 is 3.43. The summed E-state index contributed by atoms with van der Waals surface area (Å²) in [5.74, 6) is 0.543. The van der Waals surface area contributed by atoms with Gasteiger partial charge < -0.3 is 15.8 Å². The van der Waals surface area contributed by atoms with Crippen LogP contribution in [0, 0.1) is 0 Å². The van der Waals surface area contributed by atoms with Crippen LogP contribution < -0.4 is 15.8 Å². The number of nitrogens with two attached hydrogens (primary N) is 1. The number of benzene rings is 1. The normalized spacial score (nSPS) is 12.0. The lowest BCUT2D eigenvalue weighted by Crippen LogP contribution is -2.26. The molecular weight excluding hydrogens is 296 g/mol. The summed E-state index contributed by atoms with van der Waals surface area (Å²) in [6.07, 6.45) is 1.64. The number of carbonyl (C=O) groups is 1. The Morgan fingerprint density at radius 3 is 2.89 bits per heavy atom. The van der Waals surface area contributed by atoms with Gasteiger partial charge in [0.05, 0.1) is 4.47 Å². The summed E-state index contributed by atoms with van der Waals surface area (Å²) in [6, 6.07) is 5.90. The number of para-hydroxylation sites is 1. The fraction of sp³-hybridized carbons (Fsp3) is 0.462. The molecule has 4 nitrogen and oxygen atoms in total. The predicted octanol–water partition coefficient (Wildman–Crippen LogP) is 1.85. The van der Waals surface area contributed by atoms with Crippen molar-refractivity contribution < 1.29 is 9.53 Å². The molecular formula is C13H19BrN2O2. The second kappa shape index (κ2) is 7.38. The molecule has 1 unspecified atom stereocenters. The van der Waals surface area contributed by atoms with Gasteiger partial charge in [-0.05, 0) is 40.4 Å². The van der Waals surface area contributed by atoms with E-state index in [0.29, 0.717) is 5.75 Å². The Bertz CT molecular complexity index is 410. The van der Waals surface area contributed by atoms with Gasteiger partial charge in [0, 0.05) is 13.1 Å². The number of amides is 1. The number of ether oxygens (including phenoxy) is 1. The number of hydrogen-bond acceptors (Lipinski definition) is 3. The molecule has 1 atom stereocenters. The third-order valence-electron chi connectivity index (χ3n) is 2.68. The summed E-state index contributed by atoms with van der Waals surface area (Å²) in [5.41, 5.74) is 6.97. The molecule has 0 spiro atoms. The Balaban J connectivity index is 2.83. The van der Waals surface area contributed by atoms with Gasteiger partial charge in [-0.15, -0.1) is 0 Å². The van der Waals surface area contributed by atoms with Crippen LogP contribution in [0.5, 0.6) is 5.75 Å². The van der Waals surface area contributed by atoms with Crippen LogP contribution in [0.3, 0.4) is 0 Å². The van der Waals surface area contributed by atoms with Gasteiger partial charge in [0.1, 0.15) is 5.75 Å². The lowest BCUT2D eigenvalue weighted by molar-refractivity contribution is -0.122. The van der Waals surface area contributed by atoms with Gasteiger partial charge in [0.2, 0.25) is 0 Å². The average Bonchev–Trinajstić information content (AvgIpc) is 2.37. The third-order valence-corrected chi connectivity index (χ3v) is 3.31. The van der Waals surface area contributed by atoms with E-state index in [2.05, 4.69) is 21.2 Å². The number of hydrogen-bond donors (Lipinski definition) is 2. The number of rotatable bonds is 6. The van der Waals surface area contributed by atoms with E-state index in [4.69, 9.17) is 10.5 Å². The van der Waals surface area contributed by atoms with Gasteiger partial charge in [0.15, 0.2) is 6.61 Å². The molecule has 0 radical (unpaired) electrons. The standard InChI is InChI=1S/C13H19BrN2O2/c1-3-10(15)7-9-5-4-6-11(14)13(9)18-8-12(17)16-2/h4-6,10H,3,7-8,15H2,1-2H3,(H,16,17). The van der Waals surface area contributed by atoms with Crippen molar-refractivity contribution in [3.63, 3.8) is 0 Å². The Kier molecular flexibility index (Phi) is 6.15. The Labute approximate surface area is 116 Å². The van der Waals surface area contributed by atoms with Crippen molar-refractivity contribution in [3.8, 4) is 5.75 Å². The minimum Gasteiger partial charge on any atom is -0.482 e. The molecule has 3 N–H and O–H groups in total. The van der Waals surface area contributed by atoms with E-state index in [-0.39, 0.29) is 18.6 Å². The molecule has 1 amide bonds. The molecule has 100 valence electrons. The molecule has 5 heteroatoms. The molecule has 0 aromatic heterocycles. The third kappa shape index (κ3) is 4.31. The van der Waals surface area contributed by atoms with Crippen molar-refractivity contribution in [1.29, 1.82) is 0 Å². The molecule has 0 saturated carbocycles. The van der Waals surface area contributed by atoms with E-state index >= 15 is 0 Å². The maximum Gasteiger partial charge on any atom is 0.257 e. The molecule has 18 heavy (non-hydrogen) atoms. The van der Waals surface area contributed by atoms with Gasteiger partial charge in [-0.3, -0.25) is 4.79 Å². The smallest absolute Gasteiger partial charge is 0.257 e. The Morgan fingerprint density at radius 2 is 2.28 bits per heavy atom. The van der Waals surface area contributed by atoms with Crippen LogP contribution in [-0.4, -0.2) is 25.6 Å². The molecule has 0 saturated heterocycles. The van der Waals surface area contributed by atoms with E-state index in [0.717, 1.165) is 22.9 Å². The molecule has 0 aliphatic rings. The Morgan fingerprint density at radius 1 is 1.56 bits per heavy atom. The second-order valence-corrected chi connectivity index (χ2v) is 4.92. The summed E-state index contributed by atoms with van der Waals surface area (Å²) in [4.78, 5) is 11.2. The zero-order valence-electron chi connectivity index (χ0n) is 10.7. The van der Waals surface area contributed by atoms with E-state index in [1.807, 2.05) is 25.1 Å². The molecule has 0 aliphatic heterocycles. The predicted molar refractivity (Wildman–Crippen MR) is 75.7 cm³/mol. The van der Waals surface area contributed by atoms with Crippen LogP contribution in [0.1, 0.15) is 18.9 Å². The number of likely N-dealkylation sites (N-methyl/N-ethyl adjacent to an activating group) is 1. The monoisotopic (exact) mass is 314 g/mol. The molecule has 0 heterocycles. The summed E-state index contributed by atoms with van der Waals surface area (Å²) < 4.78 is 6.39. The highest BCUT2D eigenvalue weighted by Gasteiger charge is 2.12. The lowest BCUT2D eigenvalue weighted by atomic mass is 10.0. The van der Waals surface area contributed by atoms with Gasteiger partial charge >= 0.3 is 0 Å². The van der Waals surface area contributed by atoms with Crippen molar-refractivity contribution >= 4 is 21.8 Å². The zero-order valence-corrected chi connectivity index (χ0v) is 12.3. The van der Waals surface area contributed by atoms with Crippen LogP contribution >= 0.6 is 15.9 Å². The van der Waals surface area contributed by atoms with Crippen LogP contribution in [-0.2, 0) is 11.2 Å². The van der Waals surface area contributed by atoms with E-state index in [1.54, 1.807) is 7.05 Å². The minimum absolute atomic E-state index is 0.00742. The highest BCUT2D eigenvalue weighted by molar-refractivity contribution is 9.10. The van der Waals surface area contributed by atoms with E-state index < -0.39 is 0 Å². The maximum absolute atomic E-state index is 11.2. The van der Waals surface area contributed by atoms with E-state index in [1.165, 1.54) is 0 Å². The summed E-state index contributed by atoms with van der Waals surface area (Å²) in [5, 5.41) is 2.52. The van der Waals surface area contributed by atoms with Crippen molar-refractivity contribution in [3.05, 3.63) is 28.2 Å². The largest absolute Gasteiger partial charge is 0.482 e.